The number of hydrogen-bond acceptors (Lipinski definition) is 3. The molecule has 0 aromatic heterocycles. The third-order valence-corrected chi connectivity index (χ3v) is 3.71. The summed E-state index contributed by atoms with van der Waals surface area (Å²) in [5.41, 5.74) is 0.103. The summed E-state index contributed by atoms with van der Waals surface area (Å²) in [6.07, 6.45) is 0.379. The summed E-state index contributed by atoms with van der Waals surface area (Å²) in [6.45, 7) is 1.53. The number of piperazine rings is 1. The maximum atomic E-state index is 13.5. The van der Waals surface area contributed by atoms with Gasteiger partial charge in [0.25, 0.3) is 5.91 Å². The minimum Gasteiger partial charge on any atom is -0.317 e. The molecule has 0 aliphatic carbocycles. The second kappa shape index (κ2) is 5.70. The summed E-state index contributed by atoms with van der Waals surface area (Å²) in [5, 5.41) is 2.18. The Bertz CT molecular complexity index is 591. The molecule has 1 aromatic carbocycles. The highest BCUT2D eigenvalue weighted by Crippen LogP contribution is 2.19. The third kappa shape index (κ3) is 2.72. The molecule has 1 aromatic rings. The van der Waals surface area contributed by atoms with E-state index in [9.17, 15) is 18.8 Å². The number of benzene rings is 1. The second-order valence-corrected chi connectivity index (χ2v) is 5.25. The van der Waals surface area contributed by atoms with E-state index in [4.69, 9.17) is 0 Å². The van der Waals surface area contributed by atoms with Crippen molar-refractivity contribution in [2.24, 2.45) is 0 Å². The van der Waals surface area contributed by atoms with Crippen LogP contribution >= 0.6 is 15.9 Å². The van der Waals surface area contributed by atoms with Gasteiger partial charge in [-0.1, -0.05) is 6.92 Å². The summed E-state index contributed by atoms with van der Waals surface area (Å²) < 4.78 is 13.7. The Morgan fingerprint density at radius 2 is 2.20 bits per heavy atom. The first kappa shape index (κ1) is 14.6. The van der Waals surface area contributed by atoms with Crippen molar-refractivity contribution in [2.45, 2.75) is 19.4 Å². The van der Waals surface area contributed by atoms with E-state index in [2.05, 4.69) is 21.2 Å². The van der Waals surface area contributed by atoms with Crippen LogP contribution < -0.4 is 5.32 Å². The topological polar surface area (TPSA) is 66.5 Å². The number of amides is 3. The smallest absolute Gasteiger partial charge is 0.255 e. The van der Waals surface area contributed by atoms with Gasteiger partial charge in [0, 0.05) is 5.56 Å². The summed E-state index contributed by atoms with van der Waals surface area (Å²) in [6, 6.07) is 3.22. The fourth-order valence-corrected chi connectivity index (χ4v) is 2.33. The molecule has 1 atom stereocenters. The lowest BCUT2D eigenvalue weighted by molar-refractivity contribution is -0.138. The van der Waals surface area contributed by atoms with Crippen molar-refractivity contribution in [3.63, 3.8) is 0 Å². The normalized spacial score (nSPS) is 18.9. The number of imide groups is 1. The molecular weight excluding hydrogens is 331 g/mol. The van der Waals surface area contributed by atoms with Gasteiger partial charge in [-0.05, 0) is 40.5 Å². The van der Waals surface area contributed by atoms with Gasteiger partial charge in [0.05, 0.1) is 4.47 Å². The molecule has 106 valence electrons. The fourth-order valence-electron chi connectivity index (χ4n) is 2.08. The largest absolute Gasteiger partial charge is 0.317 e. The van der Waals surface area contributed by atoms with Crippen LogP contribution in [0.15, 0.2) is 22.7 Å². The highest BCUT2D eigenvalue weighted by atomic mass is 79.9. The van der Waals surface area contributed by atoms with E-state index in [1.807, 2.05) is 0 Å². The molecule has 0 radical (unpaired) electrons. The van der Waals surface area contributed by atoms with E-state index in [1.165, 1.54) is 17.0 Å². The molecule has 2 rings (SSSR count). The predicted molar refractivity (Wildman–Crippen MR) is 72.4 cm³/mol. The van der Waals surface area contributed by atoms with Crippen molar-refractivity contribution in [3.05, 3.63) is 34.1 Å². The number of nitrogens with one attached hydrogen (secondary N) is 1. The number of hydrogen-bond donors (Lipinski definition) is 1. The molecule has 0 spiro atoms. The van der Waals surface area contributed by atoms with Crippen LogP contribution in [0.5, 0.6) is 0 Å². The Labute approximate surface area is 123 Å². The highest BCUT2D eigenvalue weighted by molar-refractivity contribution is 9.10. The Balaban J connectivity index is 2.32. The zero-order valence-corrected chi connectivity index (χ0v) is 12.2. The molecule has 20 heavy (non-hydrogen) atoms. The summed E-state index contributed by atoms with van der Waals surface area (Å²) in [4.78, 5) is 36.6. The fraction of sp³-hybridized carbons (Fsp3) is 0.308. The summed E-state index contributed by atoms with van der Waals surface area (Å²) in [7, 11) is 0. The van der Waals surface area contributed by atoms with Gasteiger partial charge in [0.2, 0.25) is 11.8 Å². The zero-order valence-electron chi connectivity index (χ0n) is 10.7. The Morgan fingerprint density at radius 3 is 2.80 bits per heavy atom. The average molecular weight is 343 g/mol. The summed E-state index contributed by atoms with van der Waals surface area (Å²) in [5.74, 6) is -2.15. The van der Waals surface area contributed by atoms with Gasteiger partial charge >= 0.3 is 0 Å². The lowest BCUT2D eigenvalue weighted by atomic mass is 10.1. The molecule has 7 heteroatoms. The lowest BCUT2D eigenvalue weighted by Gasteiger charge is -2.33. The van der Waals surface area contributed by atoms with E-state index < -0.39 is 29.6 Å². The highest BCUT2D eigenvalue weighted by Gasteiger charge is 2.35. The number of carbonyl (C=O) groups is 3. The van der Waals surface area contributed by atoms with Crippen LogP contribution in [0.25, 0.3) is 0 Å². The van der Waals surface area contributed by atoms with Crippen LogP contribution in [0.1, 0.15) is 23.7 Å². The Hall–Kier alpha value is -1.76. The standard InChI is InChI=1S/C13H12BrFN2O3/c1-2-10-12(19)16-11(18)6-17(10)13(20)7-3-4-8(14)9(15)5-7/h3-5,10H,2,6H2,1H3,(H,16,18,19). The minimum atomic E-state index is -0.716. The van der Waals surface area contributed by atoms with Crippen LogP contribution in [0.2, 0.25) is 0 Å². The van der Waals surface area contributed by atoms with E-state index in [0.29, 0.717) is 6.42 Å². The van der Waals surface area contributed by atoms with Crippen LogP contribution in [0.4, 0.5) is 4.39 Å². The van der Waals surface area contributed by atoms with Crippen LogP contribution in [-0.2, 0) is 9.59 Å². The Kier molecular flexibility index (Phi) is 4.17. The predicted octanol–water partition coefficient (Wildman–Crippen LogP) is 1.47. The van der Waals surface area contributed by atoms with Crippen molar-refractivity contribution < 1.29 is 18.8 Å². The van der Waals surface area contributed by atoms with Gasteiger partial charge in [-0.2, -0.15) is 0 Å². The Morgan fingerprint density at radius 1 is 1.50 bits per heavy atom. The van der Waals surface area contributed by atoms with Crippen molar-refractivity contribution in [2.75, 3.05) is 6.54 Å². The molecule has 1 saturated heterocycles. The monoisotopic (exact) mass is 342 g/mol. The van der Waals surface area contributed by atoms with Gasteiger partial charge in [-0.25, -0.2) is 4.39 Å². The van der Waals surface area contributed by atoms with Crippen molar-refractivity contribution in [1.82, 2.24) is 10.2 Å². The SMILES string of the molecule is CCC1C(=O)NC(=O)CN1C(=O)c1ccc(Br)c(F)c1. The molecule has 1 heterocycles. The van der Waals surface area contributed by atoms with Gasteiger partial charge in [-0.15, -0.1) is 0 Å². The molecule has 1 N–H and O–H groups in total. The molecule has 1 unspecified atom stereocenters. The van der Waals surface area contributed by atoms with Crippen molar-refractivity contribution in [3.8, 4) is 0 Å². The van der Waals surface area contributed by atoms with Crippen molar-refractivity contribution in [1.29, 1.82) is 0 Å². The van der Waals surface area contributed by atoms with Gasteiger partial charge in [0.1, 0.15) is 18.4 Å². The van der Waals surface area contributed by atoms with Gasteiger partial charge in [0.15, 0.2) is 0 Å². The molecule has 1 fully saturated rings. The maximum absolute atomic E-state index is 13.5. The molecule has 1 aliphatic rings. The molecule has 1 aliphatic heterocycles. The maximum Gasteiger partial charge on any atom is 0.255 e. The zero-order chi connectivity index (χ0) is 14.9. The van der Waals surface area contributed by atoms with Gasteiger partial charge < -0.3 is 4.90 Å². The van der Waals surface area contributed by atoms with E-state index in [1.54, 1.807) is 6.92 Å². The summed E-state index contributed by atoms with van der Waals surface area (Å²) >= 11 is 3.00. The van der Waals surface area contributed by atoms with E-state index >= 15 is 0 Å². The van der Waals surface area contributed by atoms with Crippen LogP contribution in [-0.4, -0.2) is 35.2 Å². The number of nitrogens with zero attached hydrogens (tertiary/aromatic N) is 1. The number of halogens is 2. The first-order chi connectivity index (χ1) is 9.43. The van der Waals surface area contributed by atoms with Crippen LogP contribution in [0, 0.1) is 5.82 Å². The molecule has 0 bridgehead atoms. The lowest BCUT2D eigenvalue weighted by Crippen LogP contribution is -2.59. The average Bonchev–Trinajstić information content (AvgIpc) is 2.40. The first-order valence-electron chi connectivity index (χ1n) is 6.03. The number of rotatable bonds is 2. The van der Waals surface area contributed by atoms with E-state index in [0.717, 1.165) is 6.07 Å². The second-order valence-electron chi connectivity index (χ2n) is 4.40. The molecule has 3 amide bonds. The van der Waals surface area contributed by atoms with Crippen molar-refractivity contribution >= 4 is 33.7 Å². The van der Waals surface area contributed by atoms with Gasteiger partial charge in [-0.3, -0.25) is 19.7 Å². The number of carbonyl (C=O) groups excluding carboxylic acids is 3. The van der Waals surface area contributed by atoms with E-state index in [-0.39, 0.29) is 16.6 Å². The molecule has 5 nitrogen and oxygen atoms in total. The first-order valence-corrected chi connectivity index (χ1v) is 6.83. The minimum absolute atomic E-state index is 0.103. The third-order valence-electron chi connectivity index (χ3n) is 3.07. The van der Waals surface area contributed by atoms with Crippen LogP contribution in [0.3, 0.4) is 0 Å². The quantitative estimate of drug-likeness (QED) is 0.827. The molecular formula is C13H12BrFN2O3. The molecule has 0 saturated carbocycles.